The number of carbonyl (C=O) groups is 1. The van der Waals surface area contributed by atoms with Crippen LogP contribution in [0.4, 0.5) is 11.7 Å². The number of carbonyl (C=O) groups excluding carboxylic acids is 1. The van der Waals surface area contributed by atoms with E-state index in [4.69, 9.17) is 4.42 Å². The molecule has 4 aromatic rings. The number of hydrogen-bond donors (Lipinski definition) is 1. The molecule has 0 atom stereocenters. The Morgan fingerprint density at radius 2 is 2.00 bits per heavy atom. The van der Waals surface area contributed by atoms with Crippen molar-refractivity contribution in [2.24, 2.45) is 0 Å². The van der Waals surface area contributed by atoms with E-state index in [0.29, 0.717) is 22.6 Å². The van der Waals surface area contributed by atoms with E-state index in [0.717, 1.165) is 16.0 Å². The number of anilines is 1. The Labute approximate surface area is 179 Å². The van der Waals surface area contributed by atoms with Gasteiger partial charge in [-0.1, -0.05) is 24.2 Å². The van der Waals surface area contributed by atoms with E-state index in [2.05, 4.69) is 22.4 Å². The van der Waals surface area contributed by atoms with Crippen LogP contribution < -0.4 is 5.32 Å². The Hall–Kier alpha value is -3.24. The van der Waals surface area contributed by atoms with E-state index >= 15 is 0 Å². The topological polar surface area (TPSA) is 111 Å². The predicted molar refractivity (Wildman–Crippen MR) is 116 cm³/mol. The second-order valence-electron chi connectivity index (χ2n) is 6.30. The summed E-state index contributed by atoms with van der Waals surface area (Å²) in [7, 11) is 0. The van der Waals surface area contributed by atoms with Crippen LogP contribution in [0.1, 0.15) is 28.0 Å². The molecule has 0 fully saturated rings. The lowest BCUT2D eigenvalue weighted by Crippen LogP contribution is -2.10. The van der Waals surface area contributed by atoms with Crippen molar-refractivity contribution >= 4 is 50.8 Å². The van der Waals surface area contributed by atoms with Gasteiger partial charge in [0, 0.05) is 27.1 Å². The number of aromatic nitrogens is 2. The van der Waals surface area contributed by atoms with Crippen LogP contribution in [0.5, 0.6) is 0 Å². The Bertz CT molecular complexity index is 1220. The summed E-state index contributed by atoms with van der Waals surface area (Å²) in [6, 6.07) is 14.2. The molecule has 2 aromatic heterocycles. The number of nitro groups is 1. The summed E-state index contributed by atoms with van der Waals surface area (Å²) in [5.41, 5.74) is 1.01. The van der Waals surface area contributed by atoms with Crippen molar-refractivity contribution in [1.29, 1.82) is 0 Å². The summed E-state index contributed by atoms with van der Waals surface area (Å²) >= 11 is 3.00. The van der Waals surface area contributed by atoms with Crippen LogP contribution in [0.25, 0.3) is 10.1 Å². The number of rotatable bonds is 7. The first-order valence-electron chi connectivity index (χ1n) is 9.05. The second-order valence-corrected chi connectivity index (χ2v) is 8.72. The number of nitrogens with one attached hydrogen (secondary N) is 1. The molecule has 0 unspecified atom stereocenters. The van der Waals surface area contributed by atoms with Crippen molar-refractivity contribution < 1.29 is 14.1 Å². The van der Waals surface area contributed by atoms with Crippen molar-refractivity contribution in [2.45, 2.75) is 18.2 Å². The molecule has 152 valence electrons. The van der Waals surface area contributed by atoms with E-state index < -0.39 is 10.8 Å². The Morgan fingerprint density at radius 3 is 2.73 bits per heavy atom. The first-order chi connectivity index (χ1) is 14.5. The van der Waals surface area contributed by atoms with Crippen molar-refractivity contribution in [3.8, 4) is 0 Å². The molecule has 30 heavy (non-hydrogen) atoms. The Balaban J connectivity index is 1.43. The van der Waals surface area contributed by atoms with Gasteiger partial charge in [0.1, 0.15) is 0 Å². The van der Waals surface area contributed by atoms with E-state index in [1.807, 2.05) is 24.3 Å². The molecule has 4 rings (SSSR count). The minimum absolute atomic E-state index is 0.0107. The average molecular weight is 441 g/mol. The number of thiophene rings is 1. The van der Waals surface area contributed by atoms with Crippen molar-refractivity contribution in [3.63, 3.8) is 0 Å². The van der Waals surface area contributed by atoms with Gasteiger partial charge in [0.2, 0.25) is 5.89 Å². The molecular formula is C20H16N4O4S2. The summed E-state index contributed by atoms with van der Waals surface area (Å²) in [5.74, 6) is 1.01. The standard InChI is InChI=1S/C20H16N4O4S2/c1-2-29-15-6-3-12(4-7-15)9-18-22-23-20(28-18)21-19(25)17-11-13-10-14(24(26)27)5-8-16(13)30-17/h3-8,10-11H,2,9H2,1H3,(H,21,23,25). The third kappa shape index (κ3) is 4.50. The summed E-state index contributed by atoms with van der Waals surface area (Å²) in [4.78, 5) is 24.5. The third-order valence-corrected chi connectivity index (χ3v) is 6.22. The van der Waals surface area contributed by atoms with Gasteiger partial charge >= 0.3 is 6.01 Å². The highest BCUT2D eigenvalue weighted by molar-refractivity contribution is 7.99. The fourth-order valence-electron chi connectivity index (χ4n) is 2.84. The molecule has 0 saturated heterocycles. The molecule has 0 radical (unpaired) electrons. The molecule has 10 heteroatoms. The number of thioether (sulfide) groups is 1. The van der Waals surface area contributed by atoms with Crippen LogP contribution in [-0.4, -0.2) is 26.8 Å². The lowest BCUT2D eigenvalue weighted by Gasteiger charge is -2.00. The van der Waals surface area contributed by atoms with Crippen molar-refractivity contribution in [3.05, 3.63) is 75.0 Å². The van der Waals surface area contributed by atoms with Crippen LogP contribution in [0.15, 0.2) is 57.8 Å². The normalized spacial score (nSPS) is 11.0. The van der Waals surface area contributed by atoms with E-state index in [1.54, 1.807) is 23.9 Å². The first-order valence-corrected chi connectivity index (χ1v) is 10.9. The number of hydrogen-bond acceptors (Lipinski definition) is 8. The van der Waals surface area contributed by atoms with Crippen molar-refractivity contribution in [2.75, 3.05) is 11.1 Å². The number of nitrogens with zero attached hydrogens (tertiary/aromatic N) is 3. The highest BCUT2D eigenvalue weighted by Crippen LogP contribution is 2.29. The summed E-state index contributed by atoms with van der Waals surface area (Å²) in [6.45, 7) is 2.11. The molecule has 0 aliphatic heterocycles. The van der Waals surface area contributed by atoms with Gasteiger partial charge in [-0.2, -0.15) is 0 Å². The molecule has 1 N–H and O–H groups in total. The van der Waals surface area contributed by atoms with Gasteiger partial charge < -0.3 is 4.42 Å². The number of fused-ring (bicyclic) bond motifs is 1. The van der Waals surface area contributed by atoms with Crippen LogP contribution in [0, 0.1) is 10.1 Å². The smallest absolute Gasteiger partial charge is 0.322 e. The number of amides is 1. The van der Waals surface area contributed by atoms with Crippen LogP contribution in [-0.2, 0) is 6.42 Å². The fraction of sp³-hybridized carbons (Fsp3) is 0.150. The van der Waals surface area contributed by atoms with Gasteiger partial charge in [-0.3, -0.25) is 20.2 Å². The molecule has 0 aliphatic rings. The maximum atomic E-state index is 12.5. The second kappa shape index (κ2) is 8.64. The molecule has 0 aliphatic carbocycles. The molecule has 8 nitrogen and oxygen atoms in total. The zero-order chi connectivity index (χ0) is 21.1. The molecule has 0 saturated carbocycles. The van der Waals surface area contributed by atoms with Gasteiger partial charge in [-0.25, -0.2) is 0 Å². The van der Waals surface area contributed by atoms with Gasteiger partial charge in [-0.15, -0.1) is 28.2 Å². The van der Waals surface area contributed by atoms with Crippen LogP contribution in [0.3, 0.4) is 0 Å². The SMILES string of the molecule is CCSc1ccc(Cc2nnc(NC(=O)c3cc4cc([N+](=O)[O-])ccc4s3)o2)cc1. The maximum Gasteiger partial charge on any atom is 0.322 e. The molecule has 0 bridgehead atoms. The first kappa shape index (κ1) is 20.0. The molecule has 1 amide bonds. The zero-order valence-corrected chi connectivity index (χ0v) is 17.5. The zero-order valence-electron chi connectivity index (χ0n) is 15.8. The number of benzene rings is 2. The maximum absolute atomic E-state index is 12.5. The highest BCUT2D eigenvalue weighted by atomic mass is 32.2. The minimum Gasteiger partial charge on any atom is -0.407 e. The lowest BCUT2D eigenvalue weighted by atomic mass is 10.1. The van der Waals surface area contributed by atoms with E-state index in [-0.39, 0.29) is 11.7 Å². The van der Waals surface area contributed by atoms with Gasteiger partial charge in [0.05, 0.1) is 16.2 Å². The Morgan fingerprint density at radius 1 is 1.20 bits per heavy atom. The molecule has 2 heterocycles. The molecular weight excluding hydrogens is 424 g/mol. The lowest BCUT2D eigenvalue weighted by molar-refractivity contribution is -0.384. The van der Waals surface area contributed by atoms with Gasteiger partial charge in [-0.05, 0) is 35.6 Å². The summed E-state index contributed by atoms with van der Waals surface area (Å²) in [5, 5.41) is 22.0. The van der Waals surface area contributed by atoms with Crippen molar-refractivity contribution in [1.82, 2.24) is 10.2 Å². The quantitative estimate of drug-likeness (QED) is 0.240. The number of non-ortho nitro benzene ring substituents is 1. The van der Waals surface area contributed by atoms with Gasteiger partial charge in [0.25, 0.3) is 11.6 Å². The van der Waals surface area contributed by atoms with E-state index in [1.165, 1.54) is 28.4 Å². The molecule has 0 spiro atoms. The van der Waals surface area contributed by atoms with Gasteiger partial charge in [0.15, 0.2) is 0 Å². The average Bonchev–Trinajstić information content (AvgIpc) is 3.35. The summed E-state index contributed by atoms with van der Waals surface area (Å²) in [6.07, 6.45) is 0.465. The predicted octanol–water partition coefficient (Wildman–Crippen LogP) is 5.15. The Kier molecular flexibility index (Phi) is 5.77. The number of nitro benzene ring substituents is 1. The van der Waals surface area contributed by atoms with E-state index in [9.17, 15) is 14.9 Å². The minimum atomic E-state index is -0.465. The molecule has 2 aromatic carbocycles. The summed E-state index contributed by atoms with van der Waals surface area (Å²) < 4.78 is 6.32. The monoisotopic (exact) mass is 440 g/mol. The largest absolute Gasteiger partial charge is 0.407 e. The fourth-order valence-corrected chi connectivity index (χ4v) is 4.44. The highest BCUT2D eigenvalue weighted by Gasteiger charge is 2.16. The van der Waals surface area contributed by atoms with Crippen LogP contribution >= 0.6 is 23.1 Å². The van der Waals surface area contributed by atoms with Crippen LogP contribution in [0.2, 0.25) is 0 Å². The third-order valence-electron chi connectivity index (χ3n) is 4.21.